The molecule has 0 saturated carbocycles. The van der Waals surface area contributed by atoms with Crippen LogP contribution in [0.4, 0.5) is 5.69 Å². The molecule has 1 fully saturated rings. The van der Waals surface area contributed by atoms with Crippen LogP contribution in [-0.2, 0) is 22.6 Å². The van der Waals surface area contributed by atoms with Crippen LogP contribution in [0.3, 0.4) is 0 Å². The van der Waals surface area contributed by atoms with Gasteiger partial charge in [0.15, 0.2) is 0 Å². The molecular formula is C17H18Cl2N4O3. The van der Waals surface area contributed by atoms with E-state index in [4.69, 9.17) is 27.9 Å². The molecule has 3 rings (SSSR count). The summed E-state index contributed by atoms with van der Waals surface area (Å²) in [6, 6.07) is 7.60. The lowest BCUT2D eigenvalue weighted by Crippen LogP contribution is -2.35. The maximum Gasteiger partial charge on any atom is 0.287 e. The molecule has 1 saturated heterocycles. The largest absolute Gasteiger partial charge is 0.379 e. The minimum atomic E-state index is -0.602. The van der Waals surface area contributed by atoms with Crippen molar-refractivity contribution in [3.05, 3.63) is 56.4 Å². The van der Waals surface area contributed by atoms with Crippen molar-refractivity contribution in [1.29, 1.82) is 0 Å². The number of anilines is 1. The van der Waals surface area contributed by atoms with Crippen LogP contribution in [0.25, 0.3) is 0 Å². The van der Waals surface area contributed by atoms with E-state index in [1.165, 1.54) is 6.20 Å². The van der Waals surface area contributed by atoms with Gasteiger partial charge < -0.3 is 10.1 Å². The first kappa shape index (κ1) is 18.8. The average Bonchev–Trinajstić information content (AvgIpc) is 2.65. The van der Waals surface area contributed by atoms with E-state index < -0.39 is 5.56 Å². The van der Waals surface area contributed by atoms with Crippen LogP contribution in [0.2, 0.25) is 10.0 Å². The summed E-state index contributed by atoms with van der Waals surface area (Å²) in [6.45, 7) is 3.96. The van der Waals surface area contributed by atoms with Gasteiger partial charge in [-0.1, -0.05) is 35.3 Å². The first-order valence-corrected chi connectivity index (χ1v) is 8.88. The fourth-order valence-electron chi connectivity index (χ4n) is 2.61. The molecule has 2 aromatic rings. The number of benzene rings is 1. The maximum atomic E-state index is 12.1. The highest BCUT2D eigenvalue weighted by Gasteiger charge is 2.12. The van der Waals surface area contributed by atoms with Crippen LogP contribution >= 0.6 is 23.2 Å². The summed E-state index contributed by atoms with van der Waals surface area (Å²) in [5.41, 5.74) is 1.20. The summed E-state index contributed by atoms with van der Waals surface area (Å²) in [5, 5.41) is 6.45. The molecule has 26 heavy (non-hydrogen) atoms. The molecule has 2 heterocycles. The van der Waals surface area contributed by atoms with Gasteiger partial charge in [0.05, 0.1) is 24.4 Å². The summed E-state index contributed by atoms with van der Waals surface area (Å²) in [6.07, 6.45) is 1.24. The Hall–Kier alpha value is -1.93. The van der Waals surface area contributed by atoms with E-state index in [0.717, 1.165) is 43.1 Å². The topological polar surface area (TPSA) is 76.5 Å². The monoisotopic (exact) mass is 396 g/mol. The van der Waals surface area contributed by atoms with Gasteiger partial charge in [0, 0.05) is 25.3 Å². The highest BCUT2D eigenvalue weighted by molar-refractivity contribution is 6.41. The molecule has 1 aliphatic rings. The first-order valence-electron chi connectivity index (χ1n) is 8.13. The first-order chi connectivity index (χ1) is 12.5. The minimum absolute atomic E-state index is 0.0594. The molecule has 0 bridgehead atoms. The number of carbonyl (C=O) groups excluding carboxylic acids is 1. The Bertz CT molecular complexity index is 833. The van der Waals surface area contributed by atoms with E-state index in [1.807, 2.05) is 24.3 Å². The van der Waals surface area contributed by atoms with Crippen LogP contribution in [0.1, 0.15) is 5.56 Å². The van der Waals surface area contributed by atoms with Crippen LogP contribution in [0.5, 0.6) is 0 Å². The number of ether oxygens (including phenoxy) is 1. The van der Waals surface area contributed by atoms with Crippen molar-refractivity contribution < 1.29 is 9.53 Å². The van der Waals surface area contributed by atoms with Crippen molar-refractivity contribution in [2.24, 2.45) is 0 Å². The van der Waals surface area contributed by atoms with Crippen LogP contribution < -0.4 is 10.9 Å². The SMILES string of the molecule is O=C(Cn1ncc(Cl)c(Cl)c1=O)Nc1ccc(CN2CCOCC2)cc1. The van der Waals surface area contributed by atoms with Crippen LogP contribution in [0.15, 0.2) is 35.3 Å². The predicted molar refractivity (Wildman–Crippen MR) is 99.7 cm³/mol. The zero-order valence-corrected chi connectivity index (χ0v) is 15.5. The van der Waals surface area contributed by atoms with Gasteiger partial charge in [-0.2, -0.15) is 5.10 Å². The van der Waals surface area contributed by atoms with Gasteiger partial charge in [0.2, 0.25) is 5.91 Å². The van der Waals surface area contributed by atoms with Crippen molar-refractivity contribution in [2.75, 3.05) is 31.6 Å². The summed E-state index contributed by atoms with van der Waals surface area (Å²) in [7, 11) is 0. The standard InChI is InChI=1S/C17H18Cl2N4O3/c18-14-9-20-23(17(25)16(14)19)11-15(24)21-13-3-1-12(2-4-13)10-22-5-7-26-8-6-22/h1-4,9H,5-8,10-11H2,(H,21,24). The second-order valence-electron chi connectivity index (χ2n) is 5.90. The van der Waals surface area contributed by atoms with Gasteiger partial charge in [-0.25, -0.2) is 4.68 Å². The quantitative estimate of drug-likeness (QED) is 0.836. The summed E-state index contributed by atoms with van der Waals surface area (Å²) in [4.78, 5) is 26.3. The van der Waals surface area contributed by atoms with E-state index in [2.05, 4.69) is 15.3 Å². The normalized spacial score (nSPS) is 15.0. The van der Waals surface area contributed by atoms with Crippen molar-refractivity contribution in [1.82, 2.24) is 14.7 Å². The Morgan fingerprint density at radius 3 is 2.58 bits per heavy atom. The average molecular weight is 397 g/mol. The Kier molecular flexibility index (Phi) is 6.26. The maximum absolute atomic E-state index is 12.1. The van der Waals surface area contributed by atoms with E-state index in [9.17, 15) is 9.59 Å². The van der Waals surface area contributed by atoms with Gasteiger partial charge in [-0.05, 0) is 17.7 Å². The molecule has 9 heteroatoms. The minimum Gasteiger partial charge on any atom is -0.379 e. The molecule has 0 atom stereocenters. The molecule has 1 aromatic carbocycles. The van der Waals surface area contributed by atoms with Gasteiger partial charge >= 0.3 is 0 Å². The Morgan fingerprint density at radius 1 is 1.19 bits per heavy atom. The smallest absolute Gasteiger partial charge is 0.287 e. The molecule has 138 valence electrons. The van der Waals surface area contributed by atoms with Crippen molar-refractivity contribution in [3.63, 3.8) is 0 Å². The number of carbonyl (C=O) groups is 1. The van der Waals surface area contributed by atoms with Crippen LogP contribution in [-0.4, -0.2) is 46.9 Å². The van der Waals surface area contributed by atoms with E-state index >= 15 is 0 Å². The zero-order valence-electron chi connectivity index (χ0n) is 14.0. The third-order valence-electron chi connectivity index (χ3n) is 3.98. The Balaban J connectivity index is 1.57. The lowest BCUT2D eigenvalue weighted by Gasteiger charge is -2.26. The van der Waals surface area contributed by atoms with E-state index in [-0.39, 0.29) is 22.5 Å². The number of nitrogens with one attached hydrogen (secondary N) is 1. The van der Waals surface area contributed by atoms with Crippen molar-refractivity contribution in [3.8, 4) is 0 Å². The zero-order chi connectivity index (χ0) is 18.5. The number of rotatable bonds is 5. The van der Waals surface area contributed by atoms with Gasteiger partial charge in [-0.15, -0.1) is 0 Å². The fourth-order valence-corrected chi connectivity index (χ4v) is 2.88. The number of hydrogen-bond donors (Lipinski definition) is 1. The highest BCUT2D eigenvalue weighted by Crippen LogP contribution is 2.15. The molecule has 1 aliphatic heterocycles. The number of halogens is 2. The third-order valence-corrected chi connectivity index (χ3v) is 4.73. The molecule has 0 aliphatic carbocycles. The molecule has 0 radical (unpaired) electrons. The molecule has 1 amide bonds. The Labute approximate surface area is 160 Å². The summed E-state index contributed by atoms with van der Waals surface area (Å²) in [5.74, 6) is -0.376. The second kappa shape index (κ2) is 8.64. The molecule has 0 unspecified atom stereocenters. The third kappa shape index (κ3) is 4.82. The number of nitrogens with zero attached hydrogens (tertiary/aromatic N) is 3. The number of aromatic nitrogens is 2. The second-order valence-corrected chi connectivity index (χ2v) is 6.69. The lowest BCUT2D eigenvalue weighted by atomic mass is 10.2. The number of morpholine rings is 1. The lowest BCUT2D eigenvalue weighted by molar-refractivity contribution is -0.117. The van der Waals surface area contributed by atoms with Gasteiger partial charge in [0.1, 0.15) is 11.6 Å². The highest BCUT2D eigenvalue weighted by atomic mass is 35.5. The fraction of sp³-hybridized carbons (Fsp3) is 0.353. The number of amides is 1. The predicted octanol–water partition coefficient (Wildman–Crippen LogP) is 2.02. The number of hydrogen-bond acceptors (Lipinski definition) is 5. The van der Waals surface area contributed by atoms with Crippen LogP contribution in [0, 0.1) is 0 Å². The summed E-state index contributed by atoms with van der Waals surface area (Å²) < 4.78 is 6.31. The summed E-state index contributed by atoms with van der Waals surface area (Å²) >= 11 is 11.5. The van der Waals surface area contributed by atoms with Crippen molar-refractivity contribution >= 4 is 34.8 Å². The molecule has 1 N–H and O–H groups in total. The van der Waals surface area contributed by atoms with E-state index in [1.54, 1.807) is 0 Å². The molecule has 1 aromatic heterocycles. The Morgan fingerprint density at radius 2 is 1.88 bits per heavy atom. The molecular weight excluding hydrogens is 379 g/mol. The molecule has 7 nitrogen and oxygen atoms in total. The molecule has 0 spiro atoms. The van der Waals surface area contributed by atoms with Gasteiger partial charge in [-0.3, -0.25) is 14.5 Å². The van der Waals surface area contributed by atoms with Gasteiger partial charge in [0.25, 0.3) is 5.56 Å². The van der Waals surface area contributed by atoms with Crippen molar-refractivity contribution in [2.45, 2.75) is 13.1 Å². The van der Waals surface area contributed by atoms with E-state index in [0.29, 0.717) is 5.69 Å².